The average molecular weight is 389 g/mol. The van der Waals surface area contributed by atoms with E-state index in [2.05, 4.69) is 16.6 Å². The second-order valence-electron chi connectivity index (χ2n) is 7.40. The van der Waals surface area contributed by atoms with Crippen LogP contribution in [-0.2, 0) is 14.2 Å². The standard InChI is InChI=1S/C12H22O5.C8H14O2/c1-5-7-9(3)15-11(13)17-12(14)16-10(4)8-6-2;1-7(2,9)5-6-8(3,4)10/h9-10H,5-8H2,1-4H3;9-10H,1-4H3. The van der Waals surface area contributed by atoms with Gasteiger partial charge >= 0.3 is 12.3 Å². The van der Waals surface area contributed by atoms with Gasteiger partial charge in [0.15, 0.2) is 0 Å². The first-order valence-electron chi connectivity index (χ1n) is 9.28. The molecule has 0 aromatic rings. The Bertz CT molecular complexity index is 447. The summed E-state index contributed by atoms with van der Waals surface area (Å²) in [5.74, 6) is 5.03. The molecule has 0 saturated heterocycles. The lowest BCUT2D eigenvalue weighted by Crippen LogP contribution is -2.22. The van der Waals surface area contributed by atoms with Crippen molar-refractivity contribution in [3.63, 3.8) is 0 Å². The predicted octanol–water partition coefficient (Wildman–Crippen LogP) is 4.19. The van der Waals surface area contributed by atoms with Crippen molar-refractivity contribution in [1.29, 1.82) is 0 Å². The minimum atomic E-state index is -1.01. The molecular formula is C20H36O7. The summed E-state index contributed by atoms with van der Waals surface area (Å²) in [4.78, 5) is 22.3. The first-order valence-corrected chi connectivity index (χ1v) is 9.28. The van der Waals surface area contributed by atoms with Gasteiger partial charge in [0.2, 0.25) is 0 Å². The molecule has 2 atom stereocenters. The van der Waals surface area contributed by atoms with Gasteiger partial charge in [0.25, 0.3) is 0 Å². The molecule has 0 aliphatic carbocycles. The topological polar surface area (TPSA) is 102 Å². The van der Waals surface area contributed by atoms with Crippen LogP contribution in [0.1, 0.15) is 81.1 Å². The third kappa shape index (κ3) is 22.2. The number of ether oxygens (including phenoxy) is 3. The van der Waals surface area contributed by atoms with Gasteiger partial charge in [0, 0.05) is 0 Å². The summed E-state index contributed by atoms with van der Waals surface area (Å²) in [7, 11) is 0. The molecule has 0 aliphatic heterocycles. The van der Waals surface area contributed by atoms with Gasteiger partial charge in [-0.2, -0.15) is 0 Å². The minimum Gasteiger partial charge on any atom is -0.431 e. The van der Waals surface area contributed by atoms with Crippen LogP contribution in [0, 0.1) is 11.8 Å². The maximum Gasteiger partial charge on any atom is 0.518 e. The summed E-state index contributed by atoms with van der Waals surface area (Å²) in [6, 6.07) is 0. The zero-order chi connectivity index (χ0) is 21.7. The largest absolute Gasteiger partial charge is 0.518 e. The van der Waals surface area contributed by atoms with Crippen molar-refractivity contribution < 1.29 is 34.0 Å². The summed E-state index contributed by atoms with van der Waals surface area (Å²) >= 11 is 0. The number of rotatable bonds is 6. The van der Waals surface area contributed by atoms with Crippen LogP contribution in [0.4, 0.5) is 9.59 Å². The fourth-order valence-corrected chi connectivity index (χ4v) is 1.68. The van der Waals surface area contributed by atoms with E-state index in [1.807, 2.05) is 13.8 Å². The normalized spacial score (nSPS) is 13.1. The Hall–Kier alpha value is -1.78. The quantitative estimate of drug-likeness (QED) is 0.400. The summed E-state index contributed by atoms with van der Waals surface area (Å²) < 4.78 is 14.0. The van der Waals surface area contributed by atoms with Crippen molar-refractivity contribution in [3.05, 3.63) is 0 Å². The van der Waals surface area contributed by atoms with Crippen LogP contribution in [0.2, 0.25) is 0 Å². The van der Waals surface area contributed by atoms with Gasteiger partial charge in [-0.05, 0) is 54.4 Å². The van der Waals surface area contributed by atoms with E-state index in [1.165, 1.54) is 0 Å². The second kappa shape index (κ2) is 13.4. The van der Waals surface area contributed by atoms with Crippen LogP contribution in [0.15, 0.2) is 0 Å². The monoisotopic (exact) mass is 388 g/mol. The molecule has 158 valence electrons. The molecule has 7 heteroatoms. The van der Waals surface area contributed by atoms with Gasteiger partial charge in [0.1, 0.15) is 23.4 Å². The molecule has 0 heterocycles. The predicted molar refractivity (Wildman–Crippen MR) is 103 cm³/mol. The van der Waals surface area contributed by atoms with Gasteiger partial charge < -0.3 is 24.4 Å². The van der Waals surface area contributed by atoms with E-state index in [0.717, 1.165) is 25.7 Å². The summed E-state index contributed by atoms with van der Waals surface area (Å²) in [5, 5.41) is 18.2. The van der Waals surface area contributed by atoms with Gasteiger partial charge in [-0.25, -0.2) is 9.59 Å². The summed E-state index contributed by atoms with van der Waals surface area (Å²) in [6.45, 7) is 13.7. The highest BCUT2D eigenvalue weighted by atomic mass is 16.8. The molecule has 0 saturated carbocycles. The first-order chi connectivity index (χ1) is 12.2. The molecule has 7 nitrogen and oxygen atoms in total. The van der Waals surface area contributed by atoms with Crippen LogP contribution in [0.3, 0.4) is 0 Å². The molecule has 0 bridgehead atoms. The van der Waals surface area contributed by atoms with Gasteiger partial charge in [-0.15, -0.1) is 0 Å². The van der Waals surface area contributed by atoms with E-state index >= 15 is 0 Å². The Morgan fingerprint density at radius 3 is 1.33 bits per heavy atom. The number of hydrogen-bond acceptors (Lipinski definition) is 7. The van der Waals surface area contributed by atoms with Crippen molar-refractivity contribution in [3.8, 4) is 11.8 Å². The summed E-state index contributed by atoms with van der Waals surface area (Å²) in [5.41, 5.74) is -2.03. The minimum absolute atomic E-state index is 0.256. The molecule has 0 aromatic heterocycles. The maximum atomic E-state index is 11.1. The Kier molecular flexibility index (Phi) is 13.6. The molecule has 0 amide bonds. The van der Waals surface area contributed by atoms with Crippen molar-refractivity contribution in [2.45, 2.75) is 104 Å². The zero-order valence-electron chi connectivity index (χ0n) is 17.9. The van der Waals surface area contributed by atoms with Crippen LogP contribution in [0.5, 0.6) is 0 Å². The fraction of sp³-hybridized carbons (Fsp3) is 0.800. The molecular weight excluding hydrogens is 352 g/mol. The number of aliphatic hydroxyl groups is 2. The SMILES string of the molecule is CC(C)(O)C#CC(C)(C)O.CCCC(C)OC(=O)OC(=O)OC(C)CCC. The number of carbonyl (C=O) groups is 2. The lowest BCUT2D eigenvalue weighted by molar-refractivity contribution is 0.00529. The second-order valence-corrected chi connectivity index (χ2v) is 7.40. The van der Waals surface area contributed by atoms with Gasteiger partial charge in [-0.1, -0.05) is 38.5 Å². The maximum absolute atomic E-state index is 11.1. The number of carbonyl (C=O) groups excluding carboxylic acids is 2. The zero-order valence-corrected chi connectivity index (χ0v) is 17.9. The van der Waals surface area contributed by atoms with E-state index in [0.29, 0.717) is 0 Å². The Morgan fingerprint density at radius 2 is 1.11 bits per heavy atom. The lowest BCUT2D eigenvalue weighted by Gasteiger charge is -2.13. The van der Waals surface area contributed by atoms with Crippen LogP contribution in [-0.4, -0.2) is 45.9 Å². The van der Waals surface area contributed by atoms with Crippen LogP contribution >= 0.6 is 0 Å². The smallest absolute Gasteiger partial charge is 0.431 e. The average Bonchev–Trinajstić information content (AvgIpc) is 2.44. The van der Waals surface area contributed by atoms with E-state index in [-0.39, 0.29) is 12.2 Å². The Labute approximate surface area is 163 Å². The highest BCUT2D eigenvalue weighted by Crippen LogP contribution is 2.06. The first kappa shape index (κ1) is 27.4. The van der Waals surface area contributed by atoms with Crippen molar-refractivity contribution >= 4 is 12.3 Å². The molecule has 0 spiro atoms. The van der Waals surface area contributed by atoms with Crippen LogP contribution < -0.4 is 0 Å². The lowest BCUT2D eigenvalue weighted by atomic mass is 10.1. The molecule has 0 fully saturated rings. The fourth-order valence-electron chi connectivity index (χ4n) is 1.68. The third-order valence-corrected chi connectivity index (χ3v) is 2.83. The van der Waals surface area contributed by atoms with Gasteiger partial charge in [-0.3, -0.25) is 0 Å². The molecule has 27 heavy (non-hydrogen) atoms. The molecule has 2 N–H and O–H groups in total. The molecule has 0 radical (unpaired) electrons. The molecule has 2 unspecified atom stereocenters. The van der Waals surface area contributed by atoms with Gasteiger partial charge in [0.05, 0.1) is 0 Å². The van der Waals surface area contributed by atoms with Crippen molar-refractivity contribution in [2.75, 3.05) is 0 Å². The summed E-state index contributed by atoms with van der Waals surface area (Å²) in [6.07, 6.45) is 0.743. The Morgan fingerprint density at radius 1 is 0.815 bits per heavy atom. The van der Waals surface area contributed by atoms with Crippen molar-refractivity contribution in [1.82, 2.24) is 0 Å². The molecule has 0 rings (SSSR count). The third-order valence-electron chi connectivity index (χ3n) is 2.83. The van der Waals surface area contributed by atoms with Crippen LogP contribution in [0.25, 0.3) is 0 Å². The molecule has 0 aliphatic rings. The van der Waals surface area contributed by atoms with E-state index in [9.17, 15) is 9.59 Å². The van der Waals surface area contributed by atoms with Crippen molar-refractivity contribution in [2.24, 2.45) is 0 Å². The highest BCUT2D eigenvalue weighted by molar-refractivity contribution is 5.77. The highest BCUT2D eigenvalue weighted by Gasteiger charge is 2.18. The molecule has 0 aromatic carbocycles. The van der Waals surface area contributed by atoms with E-state index in [4.69, 9.17) is 19.7 Å². The van der Waals surface area contributed by atoms with E-state index in [1.54, 1.807) is 41.5 Å². The number of hydrogen-bond donors (Lipinski definition) is 2. The van der Waals surface area contributed by atoms with E-state index < -0.39 is 23.5 Å². The Balaban J connectivity index is 0.